The molecule has 1 N–H and O–H groups in total. The standard InChI is InChI=1S/C17H21ClN4O2/c1-21(2)10-12-9-19-16(20-12)15-11-22(7-8-24-15)17(23)13-5-3-4-6-14(13)18/h3-6,9,15H,7-8,10-11H2,1-2H3,(H,19,20)/t15-/m0/s1. The van der Waals surface area contributed by atoms with E-state index in [0.29, 0.717) is 30.3 Å². The second-order valence-electron chi connectivity index (χ2n) is 6.12. The van der Waals surface area contributed by atoms with Gasteiger partial charge in [0, 0.05) is 25.0 Å². The van der Waals surface area contributed by atoms with Gasteiger partial charge in [-0.25, -0.2) is 4.98 Å². The molecule has 0 saturated carbocycles. The number of halogens is 1. The number of nitrogens with one attached hydrogen (secondary N) is 1. The summed E-state index contributed by atoms with van der Waals surface area (Å²) in [5.74, 6) is 0.678. The summed E-state index contributed by atoms with van der Waals surface area (Å²) in [5, 5.41) is 0.469. The number of morpholine rings is 1. The predicted octanol–water partition coefficient (Wildman–Crippen LogP) is 2.34. The molecule has 3 rings (SSSR count). The lowest BCUT2D eigenvalue weighted by molar-refractivity contribution is -0.0265. The van der Waals surface area contributed by atoms with E-state index in [2.05, 4.69) is 14.9 Å². The van der Waals surface area contributed by atoms with Gasteiger partial charge in [-0.05, 0) is 26.2 Å². The molecule has 2 aromatic rings. The van der Waals surface area contributed by atoms with E-state index in [0.717, 1.165) is 18.1 Å². The van der Waals surface area contributed by atoms with Crippen molar-refractivity contribution in [1.82, 2.24) is 19.8 Å². The summed E-state index contributed by atoms with van der Waals surface area (Å²) >= 11 is 6.14. The summed E-state index contributed by atoms with van der Waals surface area (Å²) in [6.45, 7) is 2.26. The molecule has 24 heavy (non-hydrogen) atoms. The number of hydrogen-bond donors (Lipinski definition) is 1. The molecule has 1 atom stereocenters. The highest BCUT2D eigenvalue weighted by Crippen LogP contribution is 2.23. The first kappa shape index (κ1) is 17.0. The maximum Gasteiger partial charge on any atom is 0.255 e. The van der Waals surface area contributed by atoms with E-state index in [9.17, 15) is 4.79 Å². The molecule has 2 heterocycles. The van der Waals surface area contributed by atoms with Gasteiger partial charge in [-0.15, -0.1) is 0 Å². The number of nitrogens with zero attached hydrogens (tertiary/aromatic N) is 3. The first-order valence-corrected chi connectivity index (χ1v) is 8.26. The van der Waals surface area contributed by atoms with Crippen LogP contribution in [0, 0.1) is 0 Å². The highest BCUT2D eigenvalue weighted by molar-refractivity contribution is 6.33. The van der Waals surface area contributed by atoms with Crippen LogP contribution in [-0.2, 0) is 11.3 Å². The van der Waals surface area contributed by atoms with Gasteiger partial charge in [-0.3, -0.25) is 4.79 Å². The lowest BCUT2D eigenvalue weighted by Crippen LogP contribution is -2.42. The van der Waals surface area contributed by atoms with E-state index in [1.807, 2.05) is 32.4 Å². The Hall–Kier alpha value is -1.89. The highest BCUT2D eigenvalue weighted by Gasteiger charge is 2.28. The number of aromatic amines is 1. The van der Waals surface area contributed by atoms with Gasteiger partial charge in [0.05, 0.1) is 23.7 Å². The van der Waals surface area contributed by atoms with Crippen molar-refractivity contribution < 1.29 is 9.53 Å². The number of amides is 1. The molecule has 1 saturated heterocycles. The lowest BCUT2D eigenvalue weighted by atomic mass is 10.1. The van der Waals surface area contributed by atoms with Gasteiger partial charge < -0.3 is 19.5 Å². The van der Waals surface area contributed by atoms with Crippen molar-refractivity contribution in [1.29, 1.82) is 0 Å². The minimum atomic E-state index is -0.249. The molecule has 0 aliphatic carbocycles. The third kappa shape index (κ3) is 3.77. The van der Waals surface area contributed by atoms with Crippen molar-refractivity contribution >= 4 is 17.5 Å². The zero-order valence-electron chi connectivity index (χ0n) is 13.8. The Bertz CT molecular complexity index is 716. The van der Waals surface area contributed by atoms with Crippen LogP contribution in [0.1, 0.15) is 28.0 Å². The summed E-state index contributed by atoms with van der Waals surface area (Å²) in [4.78, 5) is 24.2. The summed E-state index contributed by atoms with van der Waals surface area (Å²) in [6.07, 6.45) is 1.56. The molecule has 1 amide bonds. The molecular weight excluding hydrogens is 328 g/mol. The highest BCUT2D eigenvalue weighted by atomic mass is 35.5. The van der Waals surface area contributed by atoms with Gasteiger partial charge in [0.1, 0.15) is 11.9 Å². The van der Waals surface area contributed by atoms with E-state index >= 15 is 0 Å². The maximum absolute atomic E-state index is 12.7. The van der Waals surface area contributed by atoms with Gasteiger partial charge >= 0.3 is 0 Å². The van der Waals surface area contributed by atoms with E-state index in [1.54, 1.807) is 17.0 Å². The molecule has 0 bridgehead atoms. The van der Waals surface area contributed by atoms with Crippen LogP contribution in [0.4, 0.5) is 0 Å². The number of carbonyl (C=O) groups is 1. The van der Waals surface area contributed by atoms with Crippen molar-refractivity contribution in [3.63, 3.8) is 0 Å². The molecular formula is C17H21ClN4O2. The average Bonchev–Trinajstić information content (AvgIpc) is 3.02. The summed E-state index contributed by atoms with van der Waals surface area (Å²) in [7, 11) is 4.00. The van der Waals surface area contributed by atoms with Gasteiger partial charge in [-0.2, -0.15) is 0 Å². The Balaban J connectivity index is 1.71. The van der Waals surface area contributed by atoms with Crippen molar-refractivity contribution in [3.05, 3.63) is 52.6 Å². The third-order valence-electron chi connectivity index (χ3n) is 3.90. The Kier molecular flexibility index (Phi) is 5.18. The summed E-state index contributed by atoms with van der Waals surface area (Å²) < 4.78 is 5.79. The van der Waals surface area contributed by atoms with Crippen molar-refractivity contribution in [3.8, 4) is 0 Å². The third-order valence-corrected chi connectivity index (χ3v) is 4.23. The topological polar surface area (TPSA) is 61.5 Å². The Morgan fingerprint density at radius 1 is 1.46 bits per heavy atom. The van der Waals surface area contributed by atoms with Crippen LogP contribution in [-0.4, -0.2) is 59.5 Å². The van der Waals surface area contributed by atoms with Crippen LogP contribution in [0.5, 0.6) is 0 Å². The number of H-pyrrole nitrogens is 1. The zero-order chi connectivity index (χ0) is 17.1. The summed E-state index contributed by atoms with van der Waals surface area (Å²) in [5.41, 5.74) is 1.54. The minimum absolute atomic E-state index is 0.0750. The normalized spacial score (nSPS) is 18.2. The average molecular weight is 349 g/mol. The van der Waals surface area contributed by atoms with Gasteiger partial charge in [0.15, 0.2) is 0 Å². The van der Waals surface area contributed by atoms with Gasteiger partial charge in [-0.1, -0.05) is 23.7 Å². The molecule has 128 valence electrons. The van der Waals surface area contributed by atoms with Crippen LogP contribution in [0.2, 0.25) is 5.02 Å². The fourth-order valence-corrected chi connectivity index (χ4v) is 2.98. The Morgan fingerprint density at radius 2 is 2.25 bits per heavy atom. The number of benzene rings is 1. The molecule has 1 aliphatic heterocycles. The molecule has 1 aromatic heterocycles. The first-order valence-electron chi connectivity index (χ1n) is 7.88. The van der Waals surface area contributed by atoms with Crippen LogP contribution in [0.25, 0.3) is 0 Å². The molecule has 0 unspecified atom stereocenters. The fourth-order valence-electron chi connectivity index (χ4n) is 2.77. The SMILES string of the molecule is CN(C)Cc1cnc([C@@H]2CN(C(=O)c3ccccc3Cl)CCO2)[nH]1. The fraction of sp³-hybridized carbons (Fsp3) is 0.412. The van der Waals surface area contributed by atoms with Crippen LogP contribution >= 0.6 is 11.6 Å². The number of carbonyl (C=O) groups excluding carboxylic acids is 1. The molecule has 7 heteroatoms. The number of imidazole rings is 1. The predicted molar refractivity (Wildman–Crippen MR) is 92.0 cm³/mol. The monoisotopic (exact) mass is 348 g/mol. The van der Waals surface area contributed by atoms with Crippen molar-refractivity contribution in [2.45, 2.75) is 12.6 Å². The second kappa shape index (κ2) is 7.34. The Labute approximate surface area is 146 Å². The maximum atomic E-state index is 12.7. The van der Waals surface area contributed by atoms with Crippen LogP contribution in [0.3, 0.4) is 0 Å². The van der Waals surface area contributed by atoms with E-state index in [1.165, 1.54) is 0 Å². The molecule has 1 fully saturated rings. The van der Waals surface area contributed by atoms with E-state index < -0.39 is 0 Å². The molecule has 6 nitrogen and oxygen atoms in total. The lowest BCUT2D eigenvalue weighted by Gasteiger charge is -2.32. The number of aromatic nitrogens is 2. The number of rotatable bonds is 4. The Morgan fingerprint density at radius 3 is 3.00 bits per heavy atom. The van der Waals surface area contributed by atoms with Crippen molar-refractivity contribution in [2.24, 2.45) is 0 Å². The number of ether oxygens (including phenoxy) is 1. The molecule has 0 spiro atoms. The smallest absolute Gasteiger partial charge is 0.255 e. The second-order valence-corrected chi connectivity index (χ2v) is 6.53. The van der Waals surface area contributed by atoms with Crippen LogP contribution < -0.4 is 0 Å². The van der Waals surface area contributed by atoms with Gasteiger partial charge in [0.25, 0.3) is 5.91 Å². The minimum Gasteiger partial charge on any atom is -0.367 e. The first-order chi connectivity index (χ1) is 11.5. The van der Waals surface area contributed by atoms with E-state index in [4.69, 9.17) is 16.3 Å². The molecule has 1 aromatic carbocycles. The number of hydrogen-bond acceptors (Lipinski definition) is 4. The molecule has 0 radical (unpaired) electrons. The zero-order valence-corrected chi connectivity index (χ0v) is 14.6. The van der Waals surface area contributed by atoms with E-state index in [-0.39, 0.29) is 12.0 Å². The van der Waals surface area contributed by atoms with Crippen molar-refractivity contribution in [2.75, 3.05) is 33.8 Å². The largest absolute Gasteiger partial charge is 0.367 e. The van der Waals surface area contributed by atoms with Crippen LogP contribution in [0.15, 0.2) is 30.5 Å². The quantitative estimate of drug-likeness (QED) is 0.921. The molecule has 1 aliphatic rings. The van der Waals surface area contributed by atoms with Gasteiger partial charge in [0.2, 0.25) is 0 Å². The summed E-state index contributed by atoms with van der Waals surface area (Å²) in [6, 6.07) is 7.11.